The van der Waals surface area contributed by atoms with Crippen LogP contribution >= 0.6 is 34.8 Å². The Morgan fingerprint density at radius 2 is 2.04 bits per heavy atom. The lowest BCUT2D eigenvalue weighted by Crippen LogP contribution is -2.29. The number of halogens is 3. The predicted molar refractivity (Wildman–Crippen MR) is 101 cm³/mol. The van der Waals surface area contributed by atoms with Crippen molar-refractivity contribution in [1.82, 2.24) is 15.1 Å². The van der Waals surface area contributed by atoms with E-state index in [0.717, 1.165) is 4.68 Å². The fraction of sp³-hybridized carbons (Fsp3) is 0.312. The summed E-state index contributed by atoms with van der Waals surface area (Å²) < 4.78 is 1.13. The molecule has 2 rings (SSSR count). The van der Waals surface area contributed by atoms with E-state index in [-0.39, 0.29) is 10.9 Å². The van der Waals surface area contributed by atoms with Crippen LogP contribution in [0.5, 0.6) is 0 Å². The van der Waals surface area contributed by atoms with E-state index in [2.05, 4.69) is 10.4 Å². The molecule has 0 aliphatic carbocycles. The molecule has 0 atom stereocenters. The molecule has 0 aliphatic rings. The fourth-order valence-corrected chi connectivity index (χ4v) is 2.98. The van der Waals surface area contributed by atoms with Crippen LogP contribution in [0.3, 0.4) is 0 Å². The first kappa shape index (κ1) is 19.6. The molecule has 0 radical (unpaired) electrons. The van der Waals surface area contributed by atoms with Gasteiger partial charge in [0, 0.05) is 32.1 Å². The van der Waals surface area contributed by atoms with E-state index >= 15 is 0 Å². The summed E-state index contributed by atoms with van der Waals surface area (Å²) in [6, 6.07) is 4.75. The number of aromatic nitrogens is 2. The number of nitrogens with one attached hydrogen (secondary N) is 1. The Kier molecular flexibility index (Phi) is 6.70. The van der Waals surface area contributed by atoms with E-state index in [1.54, 1.807) is 19.2 Å². The van der Waals surface area contributed by atoms with Gasteiger partial charge in [-0.2, -0.15) is 9.78 Å². The molecule has 0 saturated heterocycles. The van der Waals surface area contributed by atoms with Crippen LogP contribution in [0.2, 0.25) is 15.1 Å². The van der Waals surface area contributed by atoms with Gasteiger partial charge in [-0.1, -0.05) is 34.8 Å². The molecular formula is C16H17Cl3N4O2. The topological polar surface area (TPSA) is 67.2 Å². The van der Waals surface area contributed by atoms with Crippen molar-refractivity contribution in [3.63, 3.8) is 0 Å². The molecule has 1 aromatic carbocycles. The van der Waals surface area contributed by atoms with E-state index in [0.29, 0.717) is 40.9 Å². The summed E-state index contributed by atoms with van der Waals surface area (Å²) >= 11 is 18.2. The highest BCUT2D eigenvalue weighted by molar-refractivity contribution is 6.36. The van der Waals surface area contributed by atoms with Gasteiger partial charge in [0.1, 0.15) is 5.02 Å². The van der Waals surface area contributed by atoms with Gasteiger partial charge in [-0.05, 0) is 24.6 Å². The SMILES string of the molecule is CC(=O)NCCCN(C)c1cnn(-c2ccc(Cl)cc2Cl)c(=O)c1Cl. The minimum absolute atomic E-state index is 0.0445. The van der Waals surface area contributed by atoms with Crippen molar-refractivity contribution in [3.8, 4) is 5.69 Å². The van der Waals surface area contributed by atoms with Crippen LogP contribution in [0.1, 0.15) is 13.3 Å². The summed E-state index contributed by atoms with van der Waals surface area (Å²) in [4.78, 5) is 25.2. The van der Waals surface area contributed by atoms with Gasteiger partial charge in [0.2, 0.25) is 5.91 Å². The molecule has 0 spiro atoms. The van der Waals surface area contributed by atoms with Gasteiger partial charge in [0.25, 0.3) is 5.56 Å². The third-order valence-corrected chi connectivity index (χ3v) is 4.39. The quantitative estimate of drug-likeness (QED) is 0.752. The summed E-state index contributed by atoms with van der Waals surface area (Å²) in [7, 11) is 1.80. The number of nitrogens with zero attached hydrogens (tertiary/aromatic N) is 3. The predicted octanol–water partition coefficient (Wildman–Crippen LogP) is 3.16. The lowest BCUT2D eigenvalue weighted by molar-refractivity contribution is -0.118. The van der Waals surface area contributed by atoms with E-state index in [4.69, 9.17) is 34.8 Å². The Morgan fingerprint density at radius 1 is 1.32 bits per heavy atom. The Bertz CT molecular complexity index is 839. The van der Waals surface area contributed by atoms with Gasteiger partial charge in [-0.25, -0.2) is 0 Å². The summed E-state index contributed by atoms with van der Waals surface area (Å²) in [5.41, 5.74) is 0.436. The minimum atomic E-state index is -0.475. The van der Waals surface area contributed by atoms with Crippen LogP contribution in [-0.2, 0) is 4.79 Å². The highest BCUT2D eigenvalue weighted by Gasteiger charge is 2.15. The number of carbonyl (C=O) groups excluding carboxylic acids is 1. The summed E-state index contributed by atoms with van der Waals surface area (Å²) in [5.74, 6) is -0.0789. The number of hydrogen-bond acceptors (Lipinski definition) is 4. The Hall–Kier alpha value is -1.76. The second-order valence-corrected chi connectivity index (χ2v) is 6.64. The number of hydrogen-bond donors (Lipinski definition) is 1. The van der Waals surface area contributed by atoms with Crippen molar-refractivity contribution in [3.05, 3.63) is 49.8 Å². The normalized spacial score (nSPS) is 10.6. The number of benzene rings is 1. The van der Waals surface area contributed by atoms with Crippen LogP contribution in [-0.4, -0.2) is 35.8 Å². The summed E-state index contributed by atoms with van der Waals surface area (Å²) in [6.07, 6.45) is 2.21. The van der Waals surface area contributed by atoms with E-state index < -0.39 is 5.56 Å². The maximum absolute atomic E-state index is 12.5. The minimum Gasteiger partial charge on any atom is -0.372 e. The van der Waals surface area contributed by atoms with Gasteiger partial charge in [-0.15, -0.1) is 0 Å². The van der Waals surface area contributed by atoms with Crippen molar-refractivity contribution < 1.29 is 4.79 Å². The molecule has 2 aromatic rings. The van der Waals surface area contributed by atoms with E-state index in [9.17, 15) is 9.59 Å². The smallest absolute Gasteiger partial charge is 0.292 e. The van der Waals surface area contributed by atoms with Crippen LogP contribution in [0.4, 0.5) is 5.69 Å². The third-order valence-electron chi connectivity index (χ3n) is 3.49. The zero-order valence-electron chi connectivity index (χ0n) is 13.7. The van der Waals surface area contributed by atoms with Crippen molar-refractivity contribution in [2.75, 3.05) is 25.0 Å². The Morgan fingerprint density at radius 3 is 2.68 bits per heavy atom. The molecule has 0 fully saturated rings. The zero-order valence-corrected chi connectivity index (χ0v) is 16.0. The highest BCUT2D eigenvalue weighted by atomic mass is 35.5. The average Bonchev–Trinajstić information content (AvgIpc) is 2.54. The van der Waals surface area contributed by atoms with Crippen molar-refractivity contribution in [1.29, 1.82) is 0 Å². The number of amides is 1. The zero-order chi connectivity index (χ0) is 18.6. The molecule has 1 aromatic heterocycles. The van der Waals surface area contributed by atoms with Crippen molar-refractivity contribution in [2.24, 2.45) is 0 Å². The van der Waals surface area contributed by atoms with Crippen LogP contribution in [0, 0.1) is 0 Å². The molecule has 1 amide bonds. The van der Waals surface area contributed by atoms with Crippen LogP contribution < -0.4 is 15.8 Å². The lowest BCUT2D eigenvalue weighted by atomic mass is 10.3. The van der Waals surface area contributed by atoms with Gasteiger partial charge in [-0.3, -0.25) is 9.59 Å². The molecular weight excluding hydrogens is 387 g/mol. The van der Waals surface area contributed by atoms with Gasteiger partial charge in [0.05, 0.1) is 22.6 Å². The molecule has 0 bridgehead atoms. The molecule has 134 valence electrons. The molecule has 6 nitrogen and oxygen atoms in total. The molecule has 0 unspecified atom stereocenters. The van der Waals surface area contributed by atoms with Crippen molar-refractivity contribution >= 4 is 46.4 Å². The van der Waals surface area contributed by atoms with Gasteiger partial charge >= 0.3 is 0 Å². The molecule has 1 heterocycles. The number of anilines is 1. The maximum Gasteiger partial charge on any atom is 0.292 e. The summed E-state index contributed by atoms with van der Waals surface area (Å²) in [5, 5.41) is 7.68. The van der Waals surface area contributed by atoms with Crippen molar-refractivity contribution in [2.45, 2.75) is 13.3 Å². The second kappa shape index (κ2) is 8.56. The first-order valence-corrected chi connectivity index (χ1v) is 8.63. The monoisotopic (exact) mass is 402 g/mol. The highest BCUT2D eigenvalue weighted by Crippen LogP contribution is 2.25. The molecule has 0 saturated carbocycles. The lowest BCUT2D eigenvalue weighted by Gasteiger charge is -2.20. The van der Waals surface area contributed by atoms with Gasteiger partial charge < -0.3 is 10.2 Å². The first-order chi connectivity index (χ1) is 11.8. The molecule has 25 heavy (non-hydrogen) atoms. The van der Waals surface area contributed by atoms with Crippen LogP contribution in [0.15, 0.2) is 29.2 Å². The summed E-state index contributed by atoms with van der Waals surface area (Å²) in [6.45, 7) is 2.61. The molecule has 0 aliphatic heterocycles. The molecule has 1 N–H and O–H groups in total. The fourth-order valence-electron chi connectivity index (χ4n) is 2.22. The number of rotatable bonds is 6. The Balaban J connectivity index is 2.22. The van der Waals surface area contributed by atoms with Crippen LogP contribution in [0.25, 0.3) is 5.69 Å². The second-order valence-electron chi connectivity index (χ2n) is 5.41. The van der Waals surface area contributed by atoms with Gasteiger partial charge in [0.15, 0.2) is 0 Å². The largest absolute Gasteiger partial charge is 0.372 e. The molecule has 9 heteroatoms. The third kappa shape index (κ3) is 4.87. The average molecular weight is 404 g/mol. The maximum atomic E-state index is 12.5. The standard InChI is InChI=1S/C16H17Cl3N4O2/c1-10(24)20-6-3-7-22(2)14-9-21-23(16(25)15(14)19)13-5-4-11(17)8-12(13)18/h4-5,8-9H,3,6-7H2,1-2H3,(H,20,24). The number of carbonyl (C=O) groups is 1. The first-order valence-electron chi connectivity index (χ1n) is 7.50. The Labute approximate surface area is 160 Å². The van der Waals surface area contributed by atoms with E-state index in [1.807, 2.05) is 4.90 Å². The van der Waals surface area contributed by atoms with E-state index in [1.165, 1.54) is 19.2 Å².